The highest BCUT2D eigenvalue weighted by atomic mass is 32.2. The van der Waals surface area contributed by atoms with Gasteiger partial charge in [-0.3, -0.25) is 4.90 Å². The monoisotopic (exact) mass is 437 g/mol. The number of aliphatic imine (C=N–C) groups is 1. The molecule has 162 valence electrons. The minimum absolute atomic E-state index is 0.00245. The summed E-state index contributed by atoms with van der Waals surface area (Å²) in [6, 6.07) is 19.1. The lowest BCUT2D eigenvalue weighted by atomic mass is 9.93. The van der Waals surface area contributed by atoms with E-state index >= 15 is 0 Å². The molecule has 2 heterocycles. The van der Waals surface area contributed by atoms with Crippen LogP contribution in [-0.4, -0.2) is 45.9 Å². The second-order valence-electron chi connectivity index (χ2n) is 7.93. The Morgan fingerprint density at radius 3 is 2.39 bits per heavy atom. The van der Waals surface area contributed by atoms with Gasteiger partial charge in [0.1, 0.15) is 0 Å². The molecular formula is C24H27N3O3S. The zero-order chi connectivity index (χ0) is 22.2. The first-order chi connectivity index (χ1) is 14.9. The number of rotatable bonds is 5. The van der Waals surface area contributed by atoms with E-state index in [0.717, 1.165) is 11.3 Å². The highest BCUT2D eigenvalue weighted by Gasteiger charge is 2.55. The summed E-state index contributed by atoms with van der Waals surface area (Å²) in [5.74, 6) is -1.44. The molecule has 2 aromatic carbocycles. The van der Waals surface area contributed by atoms with E-state index in [1.165, 1.54) is 18.9 Å². The van der Waals surface area contributed by atoms with Crippen molar-refractivity contribution in [3.63, 3.8) is 0 Å². The van der Waals surface area contributed by atoms with E-state index in [1.54, 1.807) is 0 Å². The second-order valence-corrected chi connectivity index (χ2v) is 8.87. The third kappa shape index (κ3) is 3.62. The lowest BCUT2D eigenvalue weighted by Crippen LogP contribution is -2.64. The van der Waals surface area contributed by atoms with Gasteiger partial charge in [-0.15, -0.1) is 0 Å². The van der Waals surface area contributed by atoms with Gasteiger partial charge in [0.15, 0.2) is 5.17 Å². The third-order valence-electron chi connectivity index (χ3n) is 5.63. The molecule has 4 rings (SSSR count). The summed E-state index contributed by atoms with van der Waals surface area (Å²) in [7, 11) is 1.37. The summed E-state index contributed by atoms with van der Waals surface area (Å²) < 4.78 is 5.13. The van der Waals surface area contributed by atoms with Crippen LogP contribution in [0.4, 0.5) is 5.69 Å². The van der Waals surface area contributed by atoms with E-state index < -0.39 is 17.9 Å². The molecule has 0 saturated carbocycles. The van der Waals surface area contributed by atoms with Crippen molar-refractivity contribution in [2.75, 3.05) is 17.8 Å². The molecule has 31 heavy (non-hydrogen) atoms. The van der Waals surface area contributed by atoms with Gasteiger partial charge in [0.25, 0.3) is 0 Å². The number of fused-ring (bicyclic) bond motifs is 1. The fourth-order valence-electron chi connectivity index (χ4n) is 4.40. The van der Waals surface area contributed by atoms with Crippen LogP contribution >= 0.6 is 11.8 Å². The first kappa shape index (κ1) is 21.5. The smallest absolute Gasteiger partial charge is 0.338 e. The maximum Gasteiger partial charge on any atom is 0.338 e. The maximum absolute atomic E-state index is 12.9. The zero-order valence-corrected chi connectivity index (χ0v) is 19.0. The molecule has 0 radical (unpaired) electrons. The number of hydrogen-bond acceptors (Lipinski definition) is 7. The van der Waals surface area contributed by atoms with Gasteiger partial charge in [-0.05, 0) is 38.5 Å². The molecule has 0 amide bonds. The molecule has 1 N–H and O–H groups in total. The van der Waals surface area contributed by atoms with Crippen molar-refractivity contribution in [2.45, 2.75) is 38.7 Å². The number of anilines is 1. The van der Waals surface area contributed by atoms with Gasteiger partial charge in [0.05, 0.1) is 30.2 Å². The maximum atomic E-state index is 12.9. The molecule has 0 bridgehead atoms. The number of carbonyl (C=O) groups is 1. The molecule has 0 spiro atoms. The molecule has 0 unspecified atom stereocenters. The van der Waals surface area contributed by atoms with Gasteiger partial charge in [-0.1, -0.05) is 60.3 Å². The number of para-hydroxylation sites is 1. The van der Waals surface area contributed by atoms with Crippen LogP contribution in [-0.2, 0) is 9.53 Å². The summed E-state index contributed by atoms with van der Waals surface area (Å²) in [5.41, 5.74) is 2.85. The van der Waals surface area contributed by atoms with Crippen molar-refractivity contribution < 1.29 is 14.6 Å². The Balaban J connectivity index is 1.91. The Morgan fingerprint density at radius 2 is 1.81 bits per heavy atom. The predicted molar refractivity (Wildman–Crippen MR) is 125 cm³/mol. The number of esters is 1. The van der Waals surface area contributed by atoms with Gasteiger partial charge >= 0.3 is 5.97 Å². The molecule has 2 aliphatic rings. The average molecular weight is 438 g/mol. The minimum atomic E-state index is -1.39. The normalized spacial score (nSPS) is 23.0. The summed E-state index contributed by atoms with van der Waals surface area (Å²) >= 11 is 1.50. The second kappa shape index (κ2) is 8.40. The molecule has 0 aromatic heterocycles. The van der Waals surface area contributed by atoms with Crippen molar-refractivity contribution in [2.24, 2.45) is 4.99 Å². The Kier molecular flexibility index (Phi) is 5.81. The van der Waals surface area contributed by atoms with Crippen LogP contribution in [0.5, 0.6) is 0 Å². The molecule has 7 heteroatoms. The number of carbonyl (C=O) groups excluding carboxylic acids is 1. The predicted octanol–water partition coefficient (Wildman–Crippen LogP) is 4.15. The highest BCUT2D eigenvalue weighted by molar-refractivity contribution is 8.14. The van der Waals surface area contributed by atoms with Crippen molar-refractivity contribution in [1.82, 2.24) is 4.90 Å². The number of benzene rings is 2. The van der Waals surface area contributed by atoms with Crippen LogP contribution in [0.3, 0.4) is 0 Å². The van der Waals surface area contributed by atoms with Gasteiger partial charge in [-0.25, -0.2) is 9.79 Å². The standard InChI is InChI=1S/C24H27N3O3S/c1-16(2)26(19-13-9-6-10-14-19)24(29)15-31-23-25-17(3)20(22(28)30-4)21(27(23)24)18-11-7-5-8-12-18/h5-14,16,21,29H,15H2,1-4H3/t21-,24+/m0/s1. The number of methoxy groups -OCH3 is 1. The van der Waals surface area contributed by atoms with Crippen LogP contribution in [0.15, 0.2) is 76.9 Å². The number of allylic oxidation sites excluding steroid dienone is 1. The number of aliphatic hydroxyl groups is 1. The lowest BCUT2D eigenvalue weighted by Gasteiger charge is -2.50. The van der Waals surface area contributed by atoms with Crippen molar-refractivity contribution >= 4 is 28.6 Å². The van der Waals surface area contributed by atoms with Gasteiger partial charge < -0.3 is 14.7 Å². The number of amidine groups is 1. The highest BCUT2D eigenvalue weighted by Crippen LogP contribution is 2.48. The number of hydrogen-bond donors (Lipinski definition) is 1. The largest absolute Gasteiger partial charge is 0.466 e. The van der Waals surface area contributed by atoms with E-state index in [2.05, 4.69) is 13.8 Å². The summed E-state index contributed by atoms with van der Waals surface area (Å²) in [6.45, 7) is 5.92. The van der Waals surface area contributed by atoms with Gasteiger partial charge in [-0.2, -0.15) is 0 Å². The molecule has 0 aliphatic carbocycles. The third-order valence-corrected chi connectivity index (χ3v) is 6.71. The van der Waals surface area contributed by atoms with Gasteiger partial charge in [0, 0.05) is 11.7 Å². The summed E-state index contributed by atoms with van der Waals surface area (Å²) in [4.78, 5) is 21.4. The number of ether oxygens (including phenoxy) is 1. The first-order valence-electron chi connectivity index (χ1n) is 10.3. The van der Waals surface area contributed by atoms with Gasteiger partial charge in [0.2, 0.25) is 5.85 Å². The van der Waals surface area contributed by atoms with Crippen LogP contribution in [0.1, 0.15) is 32.4 Å². The Morgan fingerprint density at radius 1 is 1.19 bits per heavy atom. The Hall–Kier alpha value is -2.77. The van der Waals surface area contributed by atoms with E-state index in [0.29, 0.717) is 22.2 Å². The van der Waals surface area contributed by atoms with Crippen LogP contribution < -0.4 is 4.90 Å². The fourth-order valence-corrected chi connectivity index (χ4v) is 5.59. The van der Waals surface area contributed by atoms with Crippen LogP contribution in [0.25, 0.3) is 0 Å². The molecular weight excluding hydrogens is 410 g/mol. The van der Waals surface area contributed by atoms with Crippen LogP contribution in [0.2, 0.25) is 0 Å². The Labute approximate surface area is 187 Å². The average Bonchev–Trinajstić information content (AvgIpc) is 3.09. The van der Waals surface area contributed by atoms with Crippen molar-refractivity contribution in [3.8, 4) is 0 Å². The molecule has 2 aromatic rings. The van der Waals surface area contributed by atoms with E-state index in [4.69, 9.17) is 9.73 Å². The zero-order valence-electron chi connectivity index (χ0n) is 18.1. The molecule has 6 nitrogen and oxygen atoms in total. The van der Waals surface area contributed by atoms with E-state index in [9.17, 15) is 9.90 Å². The minimum Gasteiger partial charge on any atom is -0.466 e. The quantitative estimate of drug-likeness (QED) is 0.560. The number of nitrogens with zero attached hydrogens (tertiary/aromatic N) is 3. The fraction of sp³-hybridized carbons (Fsp3) is 0.333. The topological polar surface area (TPSA) is 65.4 Å². The number of thioether (sulfide) groups is 1. The summed E-state index contributed by atoms with van der Waals surface area (Å²) in [5, 5.41) is 12.9. The molecule has 1 saturated heterocycles. The van der Waals surface area contributed by atoms with Crippen molar-refractivity contribution in [3.05, 3.63) is 77.5 Å². The first-order valence-corrected chi connectivity index (χ1v) is 11.3. The Bertz CT molecular complexity index is 1020. The molecule has 1 fully saturated rings. The van der Waals surface area contributed by atoms with Crippen LogP contribution in [0, 0.1) is 0 Å². The van der Waals surface area contributed by atoms with E-state index in [-0.39, 0.29) is 6.04 Å². The van der Waals surface area contributed by atoms with Crippen molar-refractivity contribution in [1.29, 1.82) is 0 Å². The lowest BCUT2D eigenvalue weighted by molar-refractivity contribution is -0.138. The SMILES string of the molecule is COC(=O)C1=C(C)N=C2SC[C@@](O)(N(c3ccccc3)C(C)C)N2[C@H]1c1ccccc1. The summed E-state index contributed by atoms with van der Waals surface area (Å²) in [6.07, 6.45) is 0. The molecule has 2 aliphatic heterocycles. The van der Waals surface area contributed by atoms with E-state index in [1.807, 2.05) is 77.4 Å². The molecule has 2 atom stereocenters.